The zero-order chi connectivity index (χ0) is 34.9. The number of ether oxygens (including phenoxy) is 2. The van der Waals surface area contributed by atoms with Crippen LogP contribution in [0.15, 0.2) is 53.9 Å². The second kappa shape index (κ2) is 14.5. The normalized spacial score (nSPS) is 26.2. The van der Waals surface area contributed by atoms with E-state index in [2.05, 4.69) is 50.2 Å². The number of fused-ring (bicyclic) bond motifs is 3. The first kappa shape index (κ1) is 34.9. The van der Waals surface area contributed by atoms with E-state index < -0.39 is 17.7 Å². The van der Waals surface area contributed by atoms with Gasteiger partial charge in [-0.1, -0.05) is 57.9 Å². The Bertz CT molecular complexity index is 1740. The number of urea groups is 1. The van der Waals surface area contributed by atoms with Crippen molar-refractivity contribution in [2.45, 2.75) is 96.2 Å². The number of rotatable bonds is 6. The third kappa shape index (κ3) is 7.79. The van der Waals surface area contributed by atoms with Crippen molar-refractivity contribution in [1.29, 1.82) is 0 Å². The molecule has 3 fully saturated rings. The number of hydrogen-bond donors (Lipinski definition) is 1. The summed E-state index contributed by atoms with van der Waals surface area (Å²) in [5.74, 6) is 2.79. The zero-order valence-electron chi connectivity index (χ0n) is 29.8. The number of hydrogen-bond acceptors (Lipinski definition) is 7. The number of carbonyl (C=O) groups is 2. The molecule has 49 heavy (non-hydrogen) atoms. The second-order valence-electron chi connectivity index (χ2n) is 14.6. The van der Waals surface area contributed by atoms with Gasteiger partial charge in [-0.25, -0.2) is 14.8 Å². The van der Waals surface area contributed by atoms with E-state index in [1.165, 1.54) is 12.8 Å². The van der Waals surface area contributed by atoms with E-state index in [4.69, 9.17) is 19.4 Å². The van der Waals surface area contributed by atoms with E-state index in [0.29, 0.717) is 42.6 Å². The molecule has 7 rings (SSSR count). The van der Waals surface area contributed by atoms with Crippen LogP contribution < -0.4 is 14.8 Å². The first-order chi connectivity index (χ1) is 23.5. The minimum Gasteiger partial charge on any atom is -0.497 e. The van der Waals surface area contributed by atoms with Crippen LogP contribution in [0.2, 0.25) is 0 Å². The molecule has 10 heteroatoms. The molecular formula is C39H55N5O4S. The van der Waals surface area contributed by atoms with E-state index in [0.717, 1.165) is 58.8 Å². The van der Waals surface area contributed by atoms with E-state index in [-0.39, 0.29) is 20.7 Å². The molecular weight excluding hydrogens is 635 g/mol. The van der Waals surface area contributed by atoms with Crippen LogP contribution in [-0.2, 0) is 4.79 Å². The summed E-state index contributed by atoms with van der Waals surface area (Å²) in [5, 5.41) is 7.01. The number of amides is 3. The van der Waals surface area contributed by atoms with Crippen LogP contribution in [0.4, 0.5) is 4.79 Å². The Morgan fingerprint density at radius 1 is 1.18 bits per heavy atom. The van der Waals surface area contributed by atoms with Crippen LogP contribution in [0.1, 0.15) is 87.1 Å². The molecule has 2 aliphatic carbocycles. The molecule has 0 radical (unpaired) electrons. The van der Waals surface area contributed by atoms with Gasteiger partial charge in [0, 0.05) is 51.7 Å². The maximum absolute atomic E-state index is 14.0. The van der Waals surface area contributed by atoms with E-state index >= 15 is 0 Å². The number of thiazole rings is 1. The van der Waals surface area contributed by atoms with Gasteiger partial charge in [0.25, 0.3) is 0 Å². The molecule has 0 unspecified atom stereocenters. The first-order valence-corrected chi connectivity index (χ1v) is 18.6. The summed E-state index contributed by atoms with van der Waals surface area (Å²) < 4.78 is 12.2. The lowest BCUT2D eigenvalue weighted by Gasteiger charge is -2.30. The third-order valence-corrected chi connectivity index (χ3v) is 11.1. The molecule has 1 saturated heterocycles. The SMILES string of the molecule is C=C(C)[C@@]12C[C@H]1/C=C\CCCCN(C)C(=O)N1C[C@H](Oc3cc(-c4nc(C(C)C)cs4)nc4cc(OC)ccc34)C[C@H]1C(=O)N2.CC1CC1.[HH].[HH]. The van der Waals surface area contributed by atoms with Crippen molar-refractivity contribution >= 4 is 34.2 Å². The van der Waals surface area contributed by atoms with Gasteiger partial charge < -0.3 is 24.6 Å². The molecule has 3 aromatic rings. The highest BCUT2D eigenvalue weighted by molar-refractivity contribution is 7.13. The molecule has 9 nitrogen and oxygen atoms in total. The fraction of sp³-hybridized carbons (Fsp3) is 0.538. The minimum absolute atomic E-state index is 0. The predicted octanol–water partition coefficient (Wildman–Crippen LogP) is 8.46. The third-order valence-electron chi connectivity index (χ3n) is 10.2. The van der Waals surface area contributed by atoms with Crippen molar-refractivity contribution in [3.8, 4) is 22.2 Å². The summed E-state index contributed by atoms with van der Waals surface area (Å²) in [5.41, 5.74) is 2.93. The fourth-order valence-electron chi connectivity index (χ4n) is 6.62. The number of methoxy groups -OCH3 is 1. The van der Waals surface area contributed by atoms with Gasteiger partial charge in [-0.05, 0) is 56.6 Å². The number of carbonyl (C=O) groups excluding carboxylic acids is 2. The maximum Gasteiger partial charge on any atom is 0.320 e. The quantitative estimate of drug-likeness (QED) is 0.261. The van der Waals surface area contributed by atoms with Crippen LogP contribution in [0.25, 0.3) is 21.6 Å². The monoisotopic (exact) mass is 689 g/mol. The lowest BCUT2D eigenvalue weighted by atomic mass is 10.0. The summed E-state index contributed by atoms with van der Waals surface area (Å²) in [6, 6.07) is 6.83. The molecule has 0 spiro atoms. The van der Waals surface area contributed by atoms with Crippen molar-refractivity contribution < 1.29 is 21.9 Å². The van der Waals surface area contributed by atoms with Crippen molar-refractivity contribution in [3.63, 3.8) is 0 Å². The number of benzene rings is 1. The molecule has 4 atom stereocenters. The number of aromatic nitrogens is 2. The summed E-state index contributed by atoms with van der Waals surface area (Å²) in [6.45, 7) is 13.6. The average molecular weight is 690 g/mol. The highest BCUT2D eigenvalue weighted by atomic mass is 32.1. The van der Waals surface area contributed by atoms with Gasteiger partial charge >= 0.3 is 6.03 Å². The second-order valence-corrected chi connectivity index (χ2v) is 15.5. The van der Waals surface area contributed by atoms with Crippen LogP contribution in [0.3, 0.4) is 0 Å². The van der Waals surface area contributed by atoms with Crippen LogP contribution in [-0.4, -0.2) is 76.6 Å². The smallest absolute Gasteiger partial charge is 0.320 e. The maximum atomic E-state index is 14.0. The average Bonchev–Trinajstić information content (AvgIpc) is 3.88. The molecule has 3 amide bonds. The van der Waals surface area contributed by atoms with Crippen molar-refractivity contribution in [3.05, 3.63) is 59.6 Å². The number of allylic oxidation sites excluding steroid dienone is 1. The summed E-state index contributed by atoms with van der Waals surface area (Å²) in [6.07, 6.45) is 11.1. The molecule has 2 aliphatic heterocycles. The Balaban J connectivity index is 0.000000909. The molecule has 2 saturated carbocycles. The Hall–Kier alpha value is -3.92. The Labute approximate surface area is 297 Å². The van der Waals surface area contributed by atoms with Crippen LogP contribution in [0.5, 0.6) is 11.5 Å². The molecule has 0 bridgehead atoms. The Kier molecular flexibility index (Phi) is 10.3. The molecule has 266 valence electrons. The van der Waals surface area contributed by atoms with Crippen molar-refractivity contribution in [2.75, 3.05) is 27.2 Å². The topological polar surface area (TPSA) is 96.9 Å². The highest BCUT2D eigenvalue weighted by Crippen LogP contribution is 2.49. The molecule has 1 N–H and O–H groups in total. The lowest BCUT2D eigenvalue weighted by molar-refractivity contribution is -0.125. The van der Waals surface area contributed by atoms with E-state index in [9.17, 15) is 9.59 Å². The van der Waals surface area contributed by atoms with Gasteiger partial charge in [-0.15, -0.1) is 11.3 Å². The molecule has 4 heterocycles. The minimum atomic E-state index is -0.658. The number of nitrogens with zero attached hydrogens (tertiary/aromatic N) is 4. The van der Waals surface area contributed by atoms with Crippen LogP contribution >= 0.6 is 11.3 Å². The van der Waals surface area contributed by atoms with Gasteiger partial charge in [0.1, 0.15) is 34.3 Å². The summed E-state index contributed by atoms with van der Waals surface area (Å²) in [4.78, 5) is 40.9. The highest BCUT2D eigenvalue weighted by Gasteiger charge is 2.56. The van der Waals surface area contributed by atoms with Gasteiger partial charge in [-0.2, -0.15) is 0 Å². The zero-order valence-corrected chi connectivity index (χ0v) is 30.6. The van der Waals surface area contributed by atoms with Gasteiger partial charge in [0.2, 0.25) is 5.91 Å². The fourth-order valence-corrected chi connectivity index (χ4v) is 7.56. The van der Waals surface area contributed by atoms with E-state index in [1.54, 1.807) is 28.2 Å². The number of nitrogens with one attached hydrogen (secondary N) is 1. The van der Waals surface area contributed by atoms with Crippen LogP contribution in [0, 0.1) is 11.8 Å². The van der Waals surface area contributed by atoms with Gasteiger partial charge in [0.05, 0.1) is 30.4 Å². The molecule has 1 aromatic carbocycles. The van der Waals surface area contributed by atoms with Crippen molar-refractivity contribution in [2.24, 2.45) is 11.8 Å². The summed E-state index contributed by atoms with van der Waals surface area (Å²) in [7, 11) is 3.45. The van der Waals surface area contributed by atoms with E-state index in [1.807, 2.05) is 38.2 Å². The Morgan fingerprint density at radius 3 is 2.63 bits per heavy atom. The first-order valence-electron chi connectivity index (χ1n) is 17.8. The molecule has 2 aromatic heterocycles. The van der Waals surface area contributed by atoms with Gasteiger partial charge in [-0.3, -0.25) is 4.79 Å². The summed E-state index contributed by atoms with van der Waals surface area (Å²) >= 11 is 1.56. The lowest BCUT2D eigenvalue weighted by Crippen LogP contribution is -2.53. The van der Waals surface area contributed by atoms with Crippen molar-refractivity contribution in [1.82, 2.24) is 25.1 Å². The number of pyridine rings is 1. The molecule has 4 aliphatic rings. The van der Waals surface area contributed by atoms with Gasteiger partial charge in [0.15, 0.2) is 0 Å². The predicted molar refractivity (Wildman–Crippen MR) is 200 cm³/mol. The Morgan fingerprint density at radius 2 is 1.96 bits per heavy atom. The largest absolute Gasteiger partial charge is 0.497 e. The standard InChI is InChI=1S/C35H43N5O4S.C4H8.2H2/c1-21(2)29-20-45-33(37-29)28-17-31(26-13-12-24(43-6)15-27(26)36-28)44-25-16-30-32(41)38-35(22(3)4)18-23(35)11-9-7-8-10-14-39(5)34(42)40(30)19-25;1-4-2-3-4;;/h9,11-13,15,17,20-21,23,25,30H,3,7-8,10,14,16,18-19H2,1-2,4-6H3,(H,38,41);4H,2-3H2,1H3;2*1H/b11-9-;;;/t23-,25-,30+,35+;;;/m1.../s1.